The fourth-order valence-electron chi connectivity index (χ4n) is 11.1. The van der Waals surface area contributed by atoms with Gasteiger partial charge in [-0.1, -0.05) is 47.1 Å². The maximum Gasteiger partial charge on any atom is 0.330 e. The molecule has 0 aromatic heterocycles. The second-order valence-electron chi connectivity index (χ2n) is 16.3. The van der Waals surface area contributed by atoms with Crippen LogP contribution < -0.4 is 5.32 Å². The Labute approximate surface area is 251 Å². The van der Waals surface area contributed by atoms with Crippen LogP contribution >= 0.6 is 0 Å². The normalized spacial score (nSPS) is 45.9. The molecule has 0 aliphatic heterocycles. The van der Waals surface area contributed by atoms with Crippen molar-refractivity contribution >= 4 is 23.6 Å². The van der Waals surface area contributed by atoms with Crippen molar-refractivity contribution in [2.24, 2.45) is 50.2 Å². The second-order valence-corrected chi connectivity index (χ2v) is 16.3. The van der Waals surface area contributed by atoms with Gasteiger partial charge in [0, 0.05) is 24.1 Å². The lowest BCUT2D eigenvalue weighted by Crippen LogP contribution is -2.67. The van der Waals surface area contributed by atoms with Crippen LogP contribution in [-0.2, 0) is 23.9 Å². The van der Waals surface area contributed by atoms with Gasteiger partial charge in [-0.15, -0.1) is 0 Å². The summed E-state index contributed by atoms with van der Waals surface area (Å²) in [5.41, 5.74) is -0.331. The number of rotatable bonds is 4. The molecule has 7 nitrogen and oxygen atoms in total. The van der Waals surface area contributed by atoms with Gasteiger partial charge < -0.3 is 15.2 Å². The molecule has 9 atom stereocenters. The van der Waals surface area contributed by atoms with E-state index < -0.39 is 17.4 Å². The maximum atomic E-state index is 14.5. The number of carboxylic acids is 1. The Morgan fingerprint density at radius 3 is 2.24 bits per heavy atom. The fourth-order valence-corrected chi connectivity index (χ4v) is 11.1. The van der Waals surface area contributed by atoms with Gasteiger partial charge in [-0.3, -0.25) is 14.4 Å². The van der Waals surface area contributed by atoms with Gasteiger partial charge in [-0.05, 0) is 110 Å². The van der Waals surface area contributed by atoms with Crippen LogP contribution in [0.3, 0.4) is 0 Å². The SMILES string of the molecule is COC(=O)/C=C/C(=O)NC1CCC2(C)C(CCC3(C)C2C(=O)C=C2C4CC(C)(C(=O)O)CCC4(C)CCC23C)C1(C)C. The van der Waals surface area contributed by atoms with Crippen LogP contribution in [0.25, 0.3) is 0 Å². The van der Waals surface area contributed by atoms with Crippen molar-refractivity contribution < 1.29 is 29.0 Å². The number of carboxylic acid groups (broad SMARTS) is 1. The van der Waals surface area contributed by atoms with Gasteiger partial charge in [0.15, 0.2) is 5.78 Å². The number of methoxy groups -OCH3 is 1. The number of esters is 1. The minimum absolute atomic E-state index is 0.0332. The molecule has 2 N–H and O–H groups in total. The smallest absolute Gasteiger partial charge is 0.330 e. The lowest BCUT2D eigenvalue weighted by Gasteiger charge is -2.70. The van der Waals surface area contributed by atoms with Gasteiger partial charge >= 0.3 is 11.9 Å². The summed E-state index contributed by atoms with van der Waals surface area (Å²) >= 11 is 0. The lowest BCUT2D eigenvalue weighted by atomic mass is 9.33. The number of amides is 1. The van der Waals surface area contributed by atoms with Gasteiger partial charge in [0.05, 0.1) is 12.5 Å². The molecule has 5 rings (SSSR count). The predicted octanol–water partition coefficient (Wildman–Crippen LogP) is 6.27. The van der Waals surface area contributed by atoms with E-state index in [4.69, 9.17) is 0 Å². The second kappa shape index (κ2) is 9.79. The molecule has 4 fully saturated rings. The minimum Gasteiger partial charge on any atom is -0.481 e. The van der Waals surface area contributed by atoms with Gasteiger partial charge in [-0.2, -0.15) is 0 Å². The van der Waals surface area contributed by atoms with E-state index in [1.807, 2.05) is 13.0 Å². The highest BCUT2D eigenvalue weighted by Gasteiger charge is 2.70. The van der Waals surface area contributed by atoms with E-state index in [0.29, 0.717) is 12.8 Å². The van der Waals surface area contributed by atoms with Gasteiger partial charge in [-0.25, -0.2) is 4.79 Å². The van der Waals surface area contributed by atoms with E-state index in [9.17, 15) is 24.3 Å². The number of allylic oxidation sites excluding steroid dienone is 2. The number of ether oxygens (including phenoxy) is 1. The Bertz CT molecular complexity index is 1270. The first kappa shape index (κ1) is 31.0. The quantitative estimate of drug-likeness (QED) is 0.299. The van der Waals surface area contributed by atoms with Gasteiger partial charge in [0.2, 0.25) is 5.91 Å². The Kier molecular flexibility index (Phi) is 7.22. The summed E-state index contributed by atoms with van der Waals surface area (Å²) in [7, 11) is 1.28. The van der Waals surface area contributed by atoms with E-state index in [2.05, 4.69) is 51.6 Å². The zero-order chi connectivity index (χ0) is 31.1. The van der Waals surface area contributed by atoms with E-state index in [1.54, 1.807) is 0 Å². The molecular weight excluding hydrogens is 530 g/mol. The number of ketones is 1. The molecule has 7 heteroatoms. The van der Waals surface area contributed by atoms with Crippen LogP contribution in [0.2, 0.25) is 0 Å². The molecule has 0 bridgehead atoms. The van der Waals surface area contributed by atoms with Crippen molar-refractivity contribution in [2.45, 2.75) is 112 Å². The molecule has 0 aromatic carbocycles. The highest BCUT2D eigenvalue weighted by atomic mass is 16.5. The zero-order valence-electron chi connectivity index (χ0n) is 26.9. The summed E-state index contributed by atoms with van der Waals surface area (Å²) in [6.07, 6.45) is 12.2. The first-order valence-corrected chi connectivity index (χ1v) is 15.9. The molecular formula is C35H51NO6. The average Bonchev–Trinajstić information content (AvgIpc) is 2.91. The summed E-state index contributed by atoms with van der Waals surface area (Å²) in [4.78, 5) is 51.1. The minimum atomic E-state index is -0.757. The van der Waals surface area contributed by atoms with Crippen molar-refractivity contribution in [3.63, 3.8) is 0 Å². The van der Waals surface area contributed by atoms with Crippen molar-refractivity contribution in [3.05, 3.63) is 23.8 Å². The number of aliphatic carboxylic acids is 1. The summed E-state index contributed by atoms with van der Waals surface area (Å²) in [5, 5.41) is 13.3. The number of hydrogen-bond donors (Lipinski definition) is 2. The van der Waals surface area contributed by atoms with Crippen LogP contribution in [0.5, 0.6) is 0 Å². The van der Waals surface area contributed by atoms with Crippen molar-refractivity contribution in [2.75, 3.05) is 7.11 Å². The number of carbonyl (C=O) groups is 4. The first-order chi connectivity index (χ1) is 19.4. The highest BCUT2D eigenvalue weighted by Crippen LogP contribution is 2.75. The third-order valence-electron chi connectivity index (χ3n) is 14.0. The van der Waals surface area contributed by atoms with Crippen molar-refractivity contribution in [1.82, 2.24) is 5.32 Å². The van der Waals surface area contributed by atoms with Crippen LogP contribution in [-0.4, -0.2) is 41.9 Å². The fraction of sp³-hybridized carbons (Fsp3) is 0.771. The largest absolute Gasteiger partial charge is 0.481 e. The molecule has 5 aliphatic rings. The van der Waals surface area contributed by atoms with Crippen LogP contribution in [0.4, 0.5) is 0 Å². The molecule has 5 aliphatic carbocycles. The molecule has 232 valence electrons. The summed E-state index contributed by atoms with van der Waals surface area (Å²) < 4.78 is 4.62. The molecule has 0 spiro atoms. The van der Waals surface area contributed by atoms with E-state index in [-0.39, 0.29) is 62.6 Å². The first-order valence-electron chi connectivity index (χ1n) is 15.9. The Morgan fingerprint density at radius 2 is 1.60 bits per heavy atom. The predicted molar refractivity (Wildman–Crippen MR) is 160 cm³/mol. The Hall–Kier alpha value is -2.44. The molecule has 0 radical (unpaired) electrons. The topological polar surface area (TPSA) is 110 Å². The van der Waals surface area contributed by atoms with Crippen molar-refractivity contribution in [1.29, 1.82) is 0 Å². The van der Waals surface area contributed by atoms with E-state index >= 15 is 0 Å². The average molecular weight is 582 g/mol. The molecule has 0 aromatic rings. The van der Waals surface area contributed by atoms with Crippen molar-refractivity contribution in [3.8, 4) is 0 Å². The van der Waals surface area contributed by atoms with E-state index in [0.717, 1.165) is 51.0 Å². The molecule has 4 saturated carbocycles. The third kappa shape index (κ3) is 4.26. The number of carbonyl (C=O) groups excluding carboxylic acids is 3. The maximum absolute atomic E-state index is 14.5. The molecule has 1 amide bonds. The van der Waals surface area contributed by atoms with Crippen LogP contribution in [0.15, 0.2) is 23.8 Å². The Balaban J connectivity index is 1.48. The van der Waals surface area contributed by atoms with Crippen LogP contribution in [0, 0.1) is 50.2 Å². The summed E-state index contributed by atoms with van der Waals surface area (Å²) in [6.45, 7) is 15.8. The van der Waals surface area contributed by atoms with Gasteiger partial charge in [0.1, 0.15) is 0 Å². The van der Waals surface area contributed by atoms with Gasteiger partial charge in [0.25, 0.3) is 0 Å². The molecule has 9 unspecified atom stereocenters. The number of nitrogens with one attached hydrogen (secondary N) is 1. The standard InChI is InChI=1S/C35H51NO6/c1-30(2)24-11-14-35(7)28(33(24,5)13-12-25(30)36-26(38)9-10-27(39)42-8)23(37)19-21-22-20-32(4,29(40)41)16-15-31(22,3)17-18-34(21,35)6/h9-10,19,22,24-25,28H,11-18,20H2,1-8H3,(H,36,38)(H,40,41)/b10-9+. The summed E-state index contributed by atoms with van der Waals surface area (Å²) in [6, 6.07) is -0.0681. The Morgan fingerprint density at radius 1 is 0.929 bits per heavy atom. The summed E-state index contributed by atoms with van der Waals surface area (Å²) in [5.74, 6) is -1.12. The molecule has 0 saturated heterocycles. The third-order valence-corrected chi connectivity index (χ3v) is 14.0. The van der Waals surface area contributed by atoms with Crippen LogP contribution in [0.1, 0.15) is 106 Å². The monoisotopic (exact) mass is 581 g/mol. The number of fused-ring (bicyclic) bond motifs is 7. The zero-order valence-corrected chi connectivity index (χ0v) is 26.9. The highest BCUT2D eigenvalue weighted by molar-refractivity contribution is 5.96. The number of hydrogen-bond acceptors (Lipinski definition) is 5. The molecule has 42 heavy (non-hydrogen) atoms. The molecule has 0 heterocycles. The van der Waals surface area contributed by atoms with E-state index in [1.165, 1.54) is 18.8 Å². The lowest BCUT2D eigenvalue weighted by molar-refractivity contribution is -0.189.